The topological polar surface area (TPSA) is 50.4 Å². The Balaban J connectivity index is 1.83. The first kappa shape index (κ1) is 15.9. The van der Waals surface area contributed by atoms with Crippen LogP contribution in [0.2, 0.25) is 5.02 Å². The van der Waals surface area contributed by atoms with Gasteiger partial charge < -0.3 is 15.4 Å². The number of amides is 1. The molecule has 114 valence electrons. The van der Waals surface area contributed by atoms with E-state index in [1.807, 2.05) is 36.4 Å². The van der Waals surface area contributed by atoms with Crippen molar-refractivity contribution < 1.29 is 9.53 Å². The van der Waals surface area contributed by atoms with Gasteiger partial charge in [0.2, 0.25) is 5.91 Å². The van der Waals surface area contributed by atoms with Crippen molar-refractivity contribution >= 4 is 28.9 Å². The van der Waals surface area contributed by atoms with Gasteiger partial charge in [-0.2, -0.15) is 0 Å². The van der Waals surface area contributed by atoms with E-state index in [1.165, 1.54) is 0 Å². The zero-order valence-corrected chi connectivity index (χ0v) is 12.8. The lowest BCUT2D eigenvalue weighted by atomic mass is 10.3. The second-order valence-electron chi connectivity index (χ2n) is 4.51. The highest BCUT2D eigenvalue weighted by Gasteiger charge is 2.05. The fourth-order valence-corrected chi connectivity index (χ4v) is 1.95. The van der Waals surface area contributed by atoms with Crippen LogP contribution in [0.1, 0.15) is 0 Å². The van der Waals surface area contributed by atoms with Gasteiger partial charge in [-0.3, -0.25) is 4.79 Å². The van der Waals surface area contributed by atoms with Crippen molar-refractivity contribution in [3.8, 4) is 5.75 Å². The highest BCUT2D eigenvalue weighted by Crippen LogP contribution is 2.20. The number of halogens is 1. The van der Waals surface area contributed by atoms with E-state index in [0.29, 0.717) is 17.3 Å². The van der Waals surface area contributed by atoms with Crippen LogP contribution in [0, 0.1) is 0 Å². The molecule has 2 rings (SSSR count). The van der Waals surface area contributed by atoms with Crippen molar-refractivity contribution in [2.45, 2.75) is 0 Å². The summed E-state index contributed by atoms with van der Waals surface area (Å²) in [5.41, 5.74) is 1.43. The molecule has 2 N–H and O–H groups in total. The van der Waals surface area contributed by atoms with Crippen molar-refractivity contribution in [3.63, 3.8) is 0 Å². The van der Waals surface area contributed by atoms with E-state index >= 15 is 0 Å². The van der Waals surface area contributed by atoms with Gasteiger partial charge in [0.1, 0.15) is 12.4 Å². The molecule has 2 aromatic carbocycles. The zero-order chi connectivity index (χ0) is 15.8. The summed E-state index contributed by atoms with van der Waals surface area (Å²) in [6.07, 6.45) is 1.69. The van der Waals surface area contributed by atoms with Crippen LogP contribution in [-0.2, 0) is 4.79 Å². The molecule has 0 unspecified atom stereocenters. The number of hydrogen-bond donors (Lipinski definition) is 2. The van der Waals surface area contributed by atoms with Crippen LogP contribution in [-0.4, -0.2) is 19.1 Å². The molecular weight excluding hydrogens is 300 g/mol. The molecule has 0 aliphatic carbocycles. The smallest absolute Gasteiger partial charge is 0.243 e. The number of carbonyl (C=O) groups excluding carboxylic acids is 1. The Kier molecular flexibility index (Phi) is 5.86. The SMILES string of the molecule is C=CCOc1ccc(NCC(=O)Nc2ccccc2Cl)cc1. The van der Waals surface area contributed by atoms with Crippen LogP contribution in [0.3, 0.4) is 0 Å². The molecule has 22 heavy (non-hydrogen) atoms. The molecule has 0 heterocycles. The predicted octanol–water partition coefficient (Wildman–Crippen LogP) is 3.96. The molecule has 0 aliphatic rings. The van der Waals surface area contributed by atoms with E-state index in [9.17, 15) is 4.79 Å². The predicted molar refractivity (Wildman–Crippen MR) is 90.7 cm³/mol. The van der Waals surface area contributed by atoms with E-state index < -0.39 is 0 Å². The van der Waals surface area contributed by atoms with Gasteiger partial charge >= 0.3 is 0 Å². The minimum atomic E-state index is -0.167. The summed E-state index contributed by atoms with van der Waals surface area (Å²) in [5, 5.41) is 6.30. The third-order valence-electron chi connectivity index (χ3n) is 2.82. The third kappa shape index (κ3) is 4.82. The normalized spacial score (nSPS) is 9.86. The average Bonchev–Trinajstić information content (AvgIpc) is 2.54. The first-order valence-electron chi connectivity index (χ1n) is 6.81. The molecule has 0 spiro atoms. The molecule has 0 aliphatic heterocycles. The van der Waals surface area contributed by atoms with Crippen molar-refractivity contribution in [1.82, 2.24) is 0 Å². The largest absolute Gasteiger partial charge is 0.490 e. The minimum Gasteiger partial charge on any atom is -0.490 e. The maximum atomic E-state index is 11.9. The zero-order valence-electron chi connectivity index (χ0n) is 12.0. The second-order valence-corrected chi connectivity index (χ2v) is 4.91. The van der Waals surface area contributed by atoms with Gasteiger partial charge in [-0.05, 0) is 36.4 Å². The fraction of sp³-hybridized carbons (Fsp3) is 0.118. The Morgan fingerprint density at radius 2 is 1.91 bits per heavy atom. The summed E-state index contributed by atoms with van der Waals surface area (Å²) < 4.78 is 5.39. The average molecular weight is 317 g/mol. The number of ether oxygens (including phenoxy) is 1. The Bertz CT molecular complexity index is 641. The van der Waals surface area contributed by atoms with Crippen molar-refractivity contribution in [2.24, 2.45) is 0 Å². The van der Waals surface area contributed by atoms with Crippen molar-refractivity contribution in [1.29, 1.82) is 0 Å². The molecule has 1 amide bonds. The molecule has 5 heteroatoms. The molecule has 0 bridgehead atoms. The first-order valence-corrected chi connectivity index (χ1v) is 7.19. The number of rotatable bonds is 7. The molecule has 0 saturated heterocycles. The summed E-state index contributed by atoms with van der Waals surface area (Å²) in [4.78, 5) is 11.9. The van der Waals surface area contributed by atoms with Gasteiger partial charge in [0.25, 0.3) is 0 Å². The second kappa shape index (κ2) is 8.10. The molecule has 0 atom stereocenters. The third-order valence-corrected chi connectivity index (χ3v) is 3.15. The summed E-state index contributed by atoms with van der Waals surface area (Å²) in [5.74, 6) is 0.589. The molecule has 4 nitrogen and oxygen atoms in total. The Morgan fingerprint density at radius 1 is 1.18 bits per heavy atom. The minimum absolute atomic E-state index is 0.151. The highest BCUT2D eigenvalue weighted by molar-refractivity contribution is 6.33. The van der Waals surface area contributed by atoms with Gasteiger partial charge in [-0.15, -0.1) is 0 Å². The number of hydrogen-bond acceptors (Lipinski definition) is 3. The molecule has 0 fully saturated rings. The Hall–Kier alpha value is -2.46. The summed E-state index contributed by atoms with van der Waals surface area (Å²) in [7, 11) is 0. The summed E-state index contributed by atoms with van der Waals surface area (Å²) in [6, 6.07) is 14.5. The van der Waals surface area contributed by atoms with Gasteiger partial charge in [-0.25, -0.2) is 0 Å². The van der Waals surface area contributed by atoms with Crippen LogP contribution in [0.15, 0.2) is 61.2 Å². The molecule has 0 aromatic heterocycles. The Morgan fingerprint density at radius 3 is 2.59 bits per heavy atom. The fourth-order valence-electron chi connectivity index (χ4n) is 1.76. The first-order chi connectivity index (χ1) is 10.7. The van der Waals surface area contributed by atoms with Crippen LogP contribution in [0.5, 0.6) is 5.75 Å². The standard InChI is InChI=1S/C17H17ClN2O2/c1-2-11-22-14-9-7-13(8-10-14)19-12-17(21)20-16-6-4-3-5-15(16)18/h2-10,19H,1,11-12H2,(H,20,21). The number of para-hydroxylation sites is 1. The summed E-state index contributed by atoms with van der Waals surface area (Å²) in [6.45, 7) is 4.21. The van der Waals surface area contributed by atoms with Crippen molar-refractivity contribution in [3.05, 3.63) is 66.2 Å². The Labute approximate surface area is 134 Å². The number of anilines is 2. The lowest BCUT2D eigenvalue weighted by Gasteiger charge is -2.09. The van der Waals surface area contributed by atoms with Gasteiger partial charge in [-0.1, -0.05) is 36.4 Å². The van der Waals surface area contributed by atoms with Crippen LogP contribution >= 0.6 is 11.6 Å². The molecular formula is C17H17ClN2O2. The van der Waals surface area contributed by atoms with Crippen LogP contribution in [0.25, 0.3) is 0 Å². The molecule has 0 saturated carbocycles. The summed E-state index contributed by atoms with van der Waals surface area (Å²) >= 11 is 5.99. The quantitative estimate of drug-likeness (QED) is 0.760. The maximum Gasteiger partial charge on any atom is 0.243 e. The van der Waals surface area contributed by atoms with Crippen molar-refractivity contribution in [2.75, 3.05) is 23.8 Å². The van der Waals surface area contributed by atoms with E-state index in [0.717, 1.165) is 11.4 Å². The van der Waals surface area contributed by atoms with Gasteiger partial charge in [0, 0.05) is 5.69 Å². The van der Waals surface area contributed by atoms with E-state index in [4.69, 9.17) is 16.3 Å². The van der Waals surface area contributed by atoms with E-state index in [-0.39, 0.29) is 12.5 Å². The number of carbonyl (C=O) groups is 1. The lowest BCUT2D eigenvalue weighted by molar-refractivity contribution is -0.114. The molecule has 2 aromatic rings. The van der Waals surface area contributed by atoms with E-state index in [2.05, 4.69) is 17.2 Å². The number of nitrogens with one attached hydrogen (secondary N) is 2. The highest BCUT2D eigenvalue weighted by atomic mass is 35.5. The van der Waals surface area contributed by atoms with Crippen LogP contribution < -0.4 is 15.4 Å². The lowest BCUT2D eigenvalue weighted by Crippen LogP contribution is -2.21. The maximum absolute atomic E-state index is 11.9. The van der Waals surface area contributed by atoms with Crippen LogP contribution in [0.4, 0.5) is 11.4 Å². The van der Waals surface area contributed by atoms with Gasteiger partial charge in [0.15, 0.2) is 0 Å². The monoisotopic (exact) mass is 316 g/mol. The van der Waals surface area contributed by atoms with Gasteiger partial charge in [0.05, 0.1) is 17.3 Å². The molecule has 0 radical (unpaired) electrons. The number of benzene rings is 2. The van der Waals surface area contributed by atoms with E-state index in [1.54, 1.807) is 18.2 Å².